The van der Waals surface area contributed by atoms with E-state index in [2.05, 4.69) is 432 Å². The van der Waals surface area contributed by atoms with Crippen molar-refractivity contribution < 1.29 is 0 Å². The molecule has 21 aromatic carbocycles. The summed E-state index contributed by atoms with van der Waals surface area (Å²) in [5.41, 5.74) is 26.2. The van der Waals surface area contributed by atoms with Gasteiger partial charge in [0.15, 0.2) is 34.9 Å². The second-order valence-corrected chi connectivity index (χ2v) is 40.6. The highest BCUT2D eigenvalue weighted by Gasteiger charge is 2.25. The van der Waals surface area contributed by atoms with Gasteiger partial charge in [0.2, 0.25) is 17.8 Å². The van der Waals surface area contributed by atoms with Gasteiger partial charge in [-0.15, -0.1) is 34.0 Å². The number of hydrogen-bond donors (Lipinski definition) is 0. The molecule has 0 aliphatic rings. The van der Waals surface area contributed by atoms with Gasteiger partial charge in [0, 0.05) is 126 Å². The average Bonchev–Trinajstić information content (AvgIpc) is 1.59. The maximum absolute atomic E-state index is 5.12. The third-order valence-corrected chi connectivity index (χ3v) is 32.0. The van der Waals surface area contributed by atoms with Crippen LogP contribution in [0.4, 0.5) is 0 Å². The molecule has 0 bridgehead atoms. The summed E-state index contributed by atoms with van der Waals surface area (Å²) in [6.45, 7) is 0. The van der Waals surface area contributed by atoms with Crippen molar-refractivity contribution in [2.45, 2.75) is 0 Å². The quantitative estimate of drug-likeness (QED) is 0.0984. The van der Waals surface area contributed by atoms with Crippen molar-refractivity contribution in [1.82, 2.24) is 58.6 Å². The molecule has 30 aromatic rings. The summed E-state index contributed by atoms with van der Waals surface area (Å²) in [6.07, 6.45) is 0. The number of thiophene rings is 3. The molecule has 0 saturated heterocycles. The molecule has 0 unspecified atom stereocenters. The Morgan fingerprint density at radius 3 is 0.727 bits per heavy atom. The first-order valence-corrected chi connectivity index (χ1v) is 52.5. The summed E-state index contributed by atoms with van der Waals surface area (Å²) in [6, 6.07) is 179. The standard InChI is InChI=1S/3C45H28N4S/c1-2-12-30(13-3-1)43-46-44(48-45(47-43)49-39-21-7-4-16-35(39)36-17-5-8-22-40(36)49)31-26-24-29(25-27-31)32-14-10-15-33(28-32)34-19-11-20-38-37-18-6-9-23-41(37)50-42(34)38;1-2-11-30(12-3-1)43-46-44(48-45(47-43)49-39-18-7-4-15-35(39)36-16-5-8-19-40(36)49)31-23-21-29(22-24-31)32-13-10-14-33(27-32)34-25-26-42-38(28-34)37-17-6-9-20-41(37)50-42;1-2-11-30(12-3-1)43-46-44(48-45(47-43)49-39-18-7-4-15-35(39)36-16-5-8-19-40(36)49)31-23-21-29(22-24-31)32-13-10-14-33(27-32)34-25-26-38-37-17-6-9-20-41(37)50-42(38)28-34/h3*1-28H. The molecule has 0 N–H and O–H groups in total. The minimum Gasteiger partial charge on any atom is -0.278 e. The maximum Gasteiger partial charge on any atom is 0.238 e. The molecule has 0 atom stereocenters. The number of rotatable bonds is 15. The fourth-order valence-electron chi connectivity index (χ4n) is 21.2. The van der Waals surface area contributed by atoms with Crippen molar-refractivity contribution in [3.63, 3.8) is 0 Å². The second kappa shape index (κ2) is 37.7. The summed E-state index contributed by atoms with van der Waals surface area (Å²) in [5, 5.41) is 14.9. The Morgan fingerprint density at radius 1 is 0.127 bits per heavy atom. The highest BCUT2D eigenvalue weighted by Crippen LogP contribution is 2.46. The van der Waals surface area contributed by atoms with Crippen LogP contribution in [0.1, 0.15) is 0 Å². The summed E-state index contributed by atoms with van der Waals surface area (Å²) in [4.78, 5) is 45.5. The van der Waals surface area contributed by atoms with Crippen LogP contribution >= 0.6 is 34.0 Å². The number of benzene rings is 21. The lowest BCUT2D eigenvalue weighted by molar-refractivity contribution is 0.953. The molecule has 9 heterocycles. The van der Waals surface area contributed by atoms with Gasteiger partial charge in [0.05, 0.1) is 33.1 Å². The van der Waals surface area contributed by atoms with Crippen molar-refractivity contribution in [1.29, 1.82) is 0 Å². The summed E-state index contributed by atoms with van der Waals surface area (Å²) >= 11 is 5.57. The lowest BCUT2D eigenvalue weighted by Crippen LogP contribution is -2.06. The highest BCUT2D eigenvalue weighted by atomic mass is 32.1. The molecular formula is C135H84N12S3. The average molecular weight is 1970 g/mol. The fourth-order valence-corrected chi connectivity index (χ4v) is 24.7. The monoisotopic (exact) mass is 1970 g/mol. The van der Waals surface area contributed by atoms with E-state index in [0.717, 1.165) is 94.3 Å². The van der Waals surface area contributed by atoms with Crippen molar-refractivity contribution in [2.24, 2.45) is 0 Å². The Hall–Kier alpha value is -19.3. The normalized spacial score (nSPS) is 11.6. The number of para-hydroxylation sites is 6. The van der Waals surface area contributed by atoms with Crippen LogP contribution in [0.3, 0.4) is 0 Å². The van der Waals surface area contributed by atoms with Gasteiger partial charge in [0.1, 0.15) is 0 Å². The maximum atomic E-state index is 5.12. The number of aromatic nitrogens is 12. The van der Waals surface area contributed by atoms with Crippen LogP contribution in [0.5, 0.6) is 0 Å². The number of hydrogen-bond acceptors (Lipinski definition) is 12. The van der Waals surface area contributed by atoms with Crippen LogP contribution in [0.2, 0.25) is 0 Å². The van der Waals surface area contributed by atoms with Crippen LogP contribution in [0, 0.1) is 0 Å². The third kappa shape index (κ3) is 16.2. The molecule has 15 heteroatoms. The predicted molar refractivity (Wildman–Crippen MR) is 626 cm³/mol. The van der Waals surface area contributed by atoms with Crippen LogP contribution in [-0.2, 0) is 0 Å². The van der Waals surface area contributed by atoms with E-state index in [0.29, 0.717) is 52.8 Å². The SMILES string of the molecule is c1ccc(-c2nc(-c3ccc(-c4cccc(-c5ccc6c(c5)sc5ccccc56)c4)cc3)nc(-n3c4ccccc4c4ccccc43)n2)cc1.c1ccc(-c2nc(-c3ccc(-c4cccc(-c5ccc6sc7ccccc7c6c5)c4)cc3)nc(-n3c4ccccc4c4ccccc43)n2)cc1.c1ccc(-c2nc(-c3ccc(-c4cccc(-c5cccc6c5sc5ccccc56)c4)cc3)nc(-n3c4ccccc4c4ccccc43)n2)cc1. The van der Waals surface area contributed by atoms with Crippen LogP contribution < -0.4 is 0 Å². The minimum atomic E-state index is 0.596. The largest absolute Gasteiger partial charge is 0.278 e. The number of fused-ring (bicyclic) bond motifs is 18. The Kier molecular flexibility index (Phi) is 22.2. The first-order valence-electron chi connectivity index (χ1n) is 50.1. The van der Waals surface area contributed by atoms with E-state index in [-0.39, 0.29) is 0 Å². The molecular weight excluding hydrogens is 1890 g/mol. The molecule has 0 spiro atoms. The molecule has 9 aromatic heterocycles. The molecule has 150 heavy (non-hydrogen) atoms. The molecule has 0 aliphatic carbocycles. The third-order valence-electron chi connectivity index (χ3n) is 28.5. The lowest BCUT2D eigenvalue weighted by Gasteiger charge is -2.11. The smallest absolute Gasteiger partial charge is 0.238 e. The zero-order valence-electron chi connectivity index (χ0n) is 80.6. The van der Waals surface area contributed by atoms with Crippen molar-refractivity contribution in [3.8, 4) is 153 Å². The highest BCUT2D eigenvalue weighted by molar-refractivity contribution is 7.27. The van der Waals surface area contributed by atoms with E-state index in [1.54, 1.807) is 0 Å². The van der Waals surface area contributed by atoms with Crippen LogP contribution in [0.25, 0.3) is 279 Å². The van der Waals surface area contributed by atoms with E-state index in [1.807, 2.05) is 125 Å². The Bertz CT molecular complexity index is 10300. The molecule has 0 amide bonds. The zero-order valence-corrected chi connectivity index (χ0v) is 83.0. The van der Waals surface area contributed by atoms with E-state index >= 15 is 0 Å². The zero-order chi connectivity index (χ0) is 99.1. The molecule has 0 fully saturated rings. The first-order chi connectivity index (χ1) is 74.3. The van der Waals surface area contributed by atoms with Crippen molar-refractivity contribution >= 4 is 160 Å². The van der Waals surface area contributed by atoms with E-state index < -0.39 is 0 Å². The van der Waals surface area contributed by atoms with Crippen LogP contribution in [-0.4, -0.2) is 58.6 Å². The van der Waals surface area contributed by atoms with Gasteiger partial charge < -0.3 is 0 Å². The van der Waals surface area contributed by atoms with Crippen LogP contribution in [0.15, 0.2) is 510 Å². The summed E-state index contributed by atoms with van der Waals surface area (Å²) < 4.78 is 14.4. The van der Waals surface area contributed by atoms with E-state index in [9.17, 15) is 0 Å². The molecule has 0 aliphatic heterocycles. The Balaban J connectivity index is 0.000000108. The van der Waals surface area contributed by atoms with Crippen molar-refractivity contribution in [3.05, 3.63) is 510 Å². The predicted octanol–water partition coefficient (Wildman–Crippen LogP) is 36.0. The van der Waals surface area contributed by atoms with Crippen molar-refractivity contribution in [2.75, 3.05) is 0 Å². The molecule has 702 valence electrons. The number of nitrogens with zero attached hydrogens (tertiary/aromatic N) is 12. The van der Waals surface area contributed by atoms with Gasteiger partial charge in [-0.05, 0) is 158 Å². The molecule has 0 saturated carbocycles. The van der Waals surface area contributed by atoms with Gasteiger partial charge in [-0.3, -0.25) is 13.7 Å². The van der Waals surface area contributed by atoms with Gasteiger partial charge in [-0.2, -0.15) is 29.9 Å². The first kappa shape index (κ1) is 88.4. The molecule has 30 rings (SSSR count). The molecule has 0 radical (unpaired) electrons. The summed E-state index contributed by atoms with van der Waals surface area (Å²) in [7, 11) is 0. The van der Waals surface area contributed by atoms with Gasteiger partial charge in [-0.25, -0.2) is 15.0 Å². The topological polar surface area (TPSA) is 131 Å². The van der Waals surface area contributed by atoms with E-state index in [1.165, 1.54) is 132 Å². The second-order valence-electron chi connectivity index (χ2n) is 37.4. The Labute approximate surface area is 874 Å². The fraction of sp³-hybridized carbons (Fsp3) is 0. The minimum absolute atomic E-state index is 0.596. The van der Waals surface area contributed by atoms with Gasteiger partial charge in [0.25, 0.3) is 0 Å². The van der Waals surface area contributed by atoms with Gasteiger partial charge in [-0.1, -0.05) is 419 Å². The Morgan fingerprint density at radius 2 is 0.353 bits per heavy atom. The summed E-state index contributed by atoms with van der Waals surface area (Å²) in [5.74, 6) is 5.60. The lowest BCUT2D eigenvalue weighted by atomic mass is 9.97. The molecule has 12 nitrogen and oxygen atoms in total. The van der Waals surface area contributed by atoms with Gasteiger partial charge >= 0.3 is 0 Å². The van der Waals surface area contributed by atoms with E-state index in [4.69, 9.17) is 44.9 Å².